The van der Waals surface area contributed by atoms with E-state index in [1.807, 2.05) is 12.1 Å². The molecule has 1 aromatic carbocycles. The summed E-state index contributed by atoms with van der Waals surface area (Å²) in [5.74, 6) is -0.161. The van der Waals surface area contributed by atoms with Crippen molar-refractivity contribution in [3.8, 4) is 5.75 Å². The number of hydrogen-bond acceptors (Lipinski definition) is 4. The molecule has 0 aliphatic carbocycles. The summed E-state index contributed by atoms with van der Waals surface area (Å²) in [6, 6.07) is 10.2. The van der Waals surface area contributed by atoms with Gasteiger partial charge in [0.15, 0.2) is 11.6 Å². The maximum Gasteiger partial charge on any atom is 0.235 e. The van der Waals surface area contributed by atoms with Crippen LogP contribution in [0.25, 0.3) is 0 Å². The lowest BCUT2D eigenvalue weighted by Crippen LogP contribution is -2.35. The highest BCUT2D eigenvalue weighted by Crippen LogP contribution is 2.27. The summed E-state index contributed by atoms with van der Waals surface area (Å²) in [6.45, 7) is 3.60. The van der Waals surface area contributed by atoms with E-state index in [0.29, 0.717) is 5.69 Å². The first-order valence-electron chi connectivity index (χ1n) is 6.22. The van der Waals surface area contributed by atoms with Gasteiger partial charge in [-0.1, -0.05) is 12.1 Å². The van der Waals surface area contributed by atoms with Gasteiger partial charge in [0.05, 0.1) is 5.41 Å². The normalized spacial score (nSPS) is 11.1. The third-order valence-corrected chi connectivity index (χ3v) is 3.22. The number of nitrogens with two attached hydrogens (primary N) is 1. The summed E-state index contributed by atoms with van der Waals surface area (Å²) in [5, 5.41) is 12.3. The lowest BCUT2D eigenvalue weighted by Gasteiger charge is -2.24. The van der Waals surface area contributed by atoms with E-state index < -0.39 is 5.41 Å². The minimum atomic E-state index is -0.766. The Labute approximate surface area is 117 Å². The number of benzene rings is 1. The smallest absolute Gasteiger partial charge is 0.235 e. The van der Waals surface area contributed by atoms with Crippen molar-refractivity contribution < 1.29 is 9.90 Å². The van der Waals surface area contributed by atoms with Crippen LogP contribution in [0.5, 0.6) is 5.75 Å². The molecular weight excluding hydrogens is 254 g/mol. The monoisotopic (exact) mass is 271 g/mol. The summed E-state index contributed by atoms with van der Waals surface area (Å²) in [6.07, 6.45) is 1.51. The predicted octanol–water partition coefficient (Wildman–Crippen LogP) is 2.29. The molecule has 1 heterocycles. The molecule has 5 heteroatoms. The van der Waals surface area contributed by atoms with Gasteiger partial charge in [-0.2, -0.15) is 0 Å². The van der Waals surface area contributed by atoms with Crippen molar-refractivity contribution in [2.75, 3.05) is 11.1 Å². The number of nitrogens with zero attached hydrogens (tertiary/aromatic N) is 1. The molecule has 2 rings (SSSR count). The molecule has 5 nitrogen and oxygen atoms in total. The van der Waals surface area contributed by atoms with Crippen LogP contribution in [-0.2, 0) is 10.2 Å². The van der Waals surface area contributed by atoms with Crippen LogP contribution < -0.4 is 11.1 Å². The Bertz CT molecular complexity index is 621. The quantitative estimate of drug-likeness (QED) is 0.747. The molecule has 0 unspecified atom stereocenters. The highest BCUT2D eigenvalue weighted by atomic mass is 16.3. The van der Waals surface area contributed by atoms with E-state index in [-0.39, 0.29) is 17.5 Å². The molecule has 0 spiro atoms. The molecule has 0 bridgehead atoms. The number of aromatic hydroxyl groups is 1. The van der Waals surface area contributed by atoms with E-state index in [0.717, 1.165) is 5.56 Å². The fraction of sp³-hybridized carbons (Fsp3) is 0.200. The van der Waals surface area contributed by atoms with Gasteiger partial charge in [0.1, 0.15) is 0 Å². The number of nitrogen functional groups attached to an aromatic ring is 1. The molecule has 0 fully saturated rings. The van der Waals surface area contributed by atoms with Crippen LogP contribution in [0.4, 0.5) is 11.5 Å². The fourth-order valence-corrected chi connectivity index (χ4v) is 1.79. The van der Waals surface area contributed by atoms with E-state index in [1.165, 1.54) is 12.3 Å². The van der Waals surface area contributed by atoms with Crippen molar-refractivity contribution in [1.82, 2.24) is 4.98 Å². The van der Waals surface area contributed by atoms with Crippen LogP contribution in [0.2, 0.25) is 0 Å². The molecule has 2 aromatic rings. The van der Waals surface area contributed by atoms with E-state index in [4.69, 9.17) is 5.73 Å². The van der Waals surface area contributed by atoms with Gasteiger partial charge in [0, 0.05) is 11.9 Å². The Kier molecular flexibility index (Phi) is 3.61. The average molecular weight is 271 g/mol. The second kappa shape index (κ2) is 5.21. The van der Waals surface area contributed by atoms with Crippen LogP contribution in [0.3, 0.4) is 0 Å². The van der Waals surface area contributed by atoms with Crippen LogP contribution in [0, 0.1) is 0 Å². The minimum absolute atomic E-state index is 0.0612. The van der Waals surface area contributed by atoms with Gasteiger partial charge in [0.2, 0.25) is 5.91 Å². The van der Waals surface area contributed by atoms with Gasteiger partial charge in [0.25, 0.3) is 0 Å². The first kappa shape index (κ1) is 13.9. The number of hydrogen-bond donors (Lipinski definition) is 3. The van der Waals surface area contributed by atoms with Crippen molar-refractivity contribution in [2.24, 2.45) is 0 Å². The van der Waals surface area contributed by atoms with Gasteiger partial charge in [-0.3, -0.25) is 4.79 Å². The third kappa shape index (κ3) is 2.71. The van der Waals surface area contributed by atoms with Gasteiger partial charge >= 0.3 is 0 Å². The van der Waals surface area contributed by atoms with Gasteiger partial charge in [-0.05, 0) is 43.7 Å². The third-order valence-electron chi connectivity index (χ3n) is 3.22. The second-order valence-corrected chi connectivity index (χ2v) is 5.07. The molecule has 0 atom stereocenters. The van der Waals surface area contributed by atoms with E-state index in [9.17, 15) is 9.90 Å². The summed E-state index contributed by atoms with van der Waals surface area (Å²) in [5.41, 5.74) is 6.36. The molecule has 0 aliphatic heterocycles. The Balaban J connectivity index is 2.23. The number of aromatic nitrogens is 1. The molecule has 20 heavy (non-hydrogen) atoms. The molecular formula is C15H17N3O2. The molecule has 0 aliphatic rings. The maximum absolute atomic E-state index is 12.4. The summed E-state index contributed by atoms with van der Waals surface area (Å²) >= 11 is 0. The number of anilines is 2. The highest BCUT2D eigenvalue weighted by Gasteiger charge is 2.30. The molecule has 1 amide bonds. The predicted molar refractivity (Wildman–Crippen MR) is 78.4 cm³/mol. The summed E-state index contributed by atoms with van der Waals surface area (Å²) in [4.78, 5) is 16.3. The molecule has 0 saturated carbocycles. The van der Waals surface area contributed by atoms with Crippen molar-refractivity contribution >= 4 is 17.4 Å². The van der Waals surface area contributed by atoms with Crippen LogP contribution in [-0.4, -0.2) is 16.0 Å². The van der Waals surface area contributed by atoms with E-state index in [1.54, 1.807) is 32.0 Å². The SMILES string of the molecule is CC(C)(C(=O)Nc1ncccc1O)c1ccc(N)cc1. The number of rotatable bonds is 3. The zero-order valence-electron chi connectivity index (χ0n) is 11.4. The van der Waals surface area contributed by atoms with Crippen LogP contribution in [0.1, 0.15) is 19.4 Å². The minimum Gasteiger partial charge on any atom is -0.504 e. The number of carbonyl (C=O) groups excluding carboxylic acids is 1. The van der Waals surface area contributed by atoms with Gasteiger partial charge in [-0.25, -0.2) is 4.98 Å². The van der Waals surface area contributed by atoms with Crippen molar-refractivity contribution in [3.05, 3.63) is 48.2 Å². The molecule has 0 radical (unpaired) electrons. The first-order chi connectivity index (χ1) is 9.41. The van der Waals surface area contributed by atoms with Crippen molar-refractivity contribution in [2.45, 2.75) is 19.3 Å². The Hall–Kier alpha value is -2.56. The van der Waals surface area contributed by atoms with Crippen LogP contribution >= 0.6 is 0 Å². The number of pyridine rings is 1. The standard InChI is InChI=1S/C15H17N3O2/c1-15(2,10-5-7-11(16)8-6-10)14(20)18-13-12(19)4-3-9-17-13/h3-9,19H,16H2,1-2H3,(H,17,18,20). The summed E-state index contributed by atoms with van der Waals surface area (Å²) < 4.78 is 0. The van der Waals surface area contributed by atoms with Gasteiger partial charge in [-0.15, -0.1) is 0 Å². The Morgan fingerprint density at radius 3 is 2.50 bits per heavy atom. The largest absolute Gasteiger partial charge is 0.504 e. The number of nitrogens with one attached hydrogen (secondary N) is 1. The lowest BCUT2D eigenvalue weighted by molar-refractivity contribution is -0.120. The molecule has 104 valence electrons. The maximum atomic E-state index is 12.4. The van der Waals surface area contributed by atoms with Crippen LogP contribution in [0.15, 0.2) is 42.6 Å². The number of carbonyl (C=O) groups is 1. The average Bonchev–Trinajstić information content (AvgIpc) is 2.41. The fourth-order valence-electron chi connectivity index (χ4n) is 1.79. The molecule has 1 aromatic heterocycles. The molecule has 4 N–H and O–H groups in total. The summed E-state index contributed by atoms with van der Waals surface area (Å²) in [7, 11) is 0. The van der Waals surface area contributed by atoms with E-state index in [2.05, 4.69) is 10.3 Å². The topological polar surface area (TPSA) is 88.2 Å². The Morgan fingerprint density at radius 2 is 1.90 bits per heavy atom. The zero-order chi connectivity index (χ0) is 14.8. The second-order valence-electron chi connectivity index (χ2n) is 5.07. The first-order valence-corrected chi connectivity index (χ1v) is 6.22. The molecule has 0 saturated heterocycles. The lowest BCUT2D eigenvalue weighted by atomic mass is 9.83. The highest BCUT2D eigenvalue weighted by molar-refractivity contribution is 5.98. The number of amides is 1. The van der Waals surface area contributed by atoms with Crippen molar-refractivity contribution in [1.29, 1.82) is 0 Å². The Morgan fingerprint density at radius 1 is 1.25 bits per heavy atom. The van der Waals surface area contributed by atoms with Gasteiger partial charge < -0.3 is 16.2 Å². The zero-order valence-corrected chi connectivity index (χ0v) is 11.4. The van der Waals surface area contributed by atoms with Crippen molar-refractivity contribution in [3.63, 3.8) is 0 Å². The van der Waals surface area contributed by atoms with E-state index >= 15 is 0 Å².